The van der Waals surface area contributed by atoms with Gasteiger partial charge in [0.15, 0.2) is 0 Å². The highest BCUT2D eigenvalue weighted by atomic mass is 16.4. The first-order chi connectivity index (χ1) is 8.25. The summed E-state index contributed by atoms with van der Waals surface area (Å²) in [7, 11) is 0. The van der Waals surface area contributed by atoms with Crippen LogP contribution < -0.4 is 5.32 Å². The minimum atomic E-state index is -1.06. The third kappa shape index (κ3) is 2.72. The van der Waals surface area contributed by atoms with E-state index in [1.54, 1.807) is 0 Å². The van der Waals surface area contributed by atoms with Crippen molar-refractivity contribution in [3.8, 4) is 0 Å². The quantitative estimate of drug-likeness (QED) is 0.713. The first-order valence-corrected chi connectivity index (χ1v) is 5.95. The number of carbonyl (C=O) groups is 2. The van der Waals surface area contributed by atoms with Gasteiger partial charge in [0, 0.05) is 17.8 Å². The van der Waals surface area contributed by atoms with Gasteiger partial charge in [-0.15, -0.1) is 0 Å². The molecule has 1 heterocycles. The maximum absolute atomic E-state index is 11.2. The highest BCUT2D eigenvalue weighted by molar-refractivity contribution is 5.95. The van der Waals surface area contributed by atoms with Gasteiger partial charge >= 0.3 is 11.9 Å². The minimum Gasteiger partial charge on any atom is -0.478 e. The summed E-state index contributed by atoms with van der Waals surface area (Å²) in [5, 5.41) is 21.3. The molecule has 0 amide bonds. The maximum atomic E-state index is 11.2. The van der Waals surface area contributed by atoms with E-state index < -0.39 is 11.9 Å². The highest BCUT2D eigenvalue weighted by Crippen LogP contribution is 2.30. The molecule has 0 atom stereocenters. The molecule has 0 spiro atoms. The molecule has 0 aromatic carbocycles. The molecule has 0 saturated carbocycles. The van der Waals surface area contributed by atoms with Gasteiger partial charge in [0.1, 0.15) is 0 Å². The van der Waals surface area contributed by atoms with Gasteiger partial charge in [0.05, 0.1) is 11.1 Å². The molecule has 3 N–H and O–H groups in total. The molecule has 0 aromatic rings. The topological polar surface area (TPSA) is 86.6 Å². The van der Waals surface area contributed by atoms with E-state index in [1.807, 2.05) is 27.7 Å². The van der Waals surface area contributed by atoms with E-state index in [0.717, 1.165) is 0 Å². The summed E-state index contributed by atoms with van der Waals surface area (Å²) in [5.41, 5.74) is 1.51. The lowest BCUT2D eigenvalue weighted by atomic mass is 9.89. The Hall–Kier alpha value is -1.78. The van der Waals surface area contributed by atoms with Crippen LogP contribution in [0.4, 0.5) is 0 Å². The third-order valence-electron chi connectivity index (χ3n) is 2.94. The SMILES string of the molecule is CC(C)C1=C(C(=O)O)CC(C(=O)O)=C(C(C)C)N1. The molecule has 0 aromatic heterocycles. The molecule has 5 nitrogen and oxygen atoms in total. The van der Waals surface area contributed by atoms with Gasteiger partial charge in [-0.25, -0.2) is 9.59 Å². The van der Waals surface area contributed by atoms with Crippen molar-refractivity contribution < 1.29 is 19.8 Å². The van der Waals surface area contributed by atoms with Crippen LogP contribution in [0.2, 0.25) is 0 Å². The lowest BCUT2D eigenvalue weighted by Crippen LogP contribution is -2.31. The van der Waals surface area contributed by atoms with Crippen molar-refractivity contribution >= 4 is 11.9 Å². The predicted molar refractivity (Wildman–Crippen MR) is 66.8 cm³/mol. The number of dihydropyridines is 1. The Kier molecular flexibility index (Phi) is 4.16. The molecule has 5 heteroatoms. The summed E-state index contributed by atoms with van der Waals surface area (Å²) in [5.74, 6) is -2.10. The van der Waals surface area contributed by atoms with E-state index in [4.69, 9.17) is 10.2 Å². The fourth-order valence-electron chi connectivity index (χ4n) is 2.03. The van der Waals surface area contributed by atoms with Crippen LogP contribution in [0.3, 0.4) is 0 Å². The van der Waals surface area contributed by atoms with Crippen LogP contribution in [-0.4, -0.2) is 22.2 Å². The van der Waals surface area contributed by atoms with E-state index in [2.05, 4.69) is 5.32 Å². The Morgan fingerprint density at radius 1 is 0.944 bits per heavy atom. The number of aliphatic carboxylic acids is 2. The summed E-state index contributed by atoms with van der Waals surface area (Å²) in [4.78, 5) is 22.4. The zero-order valence-electron chi connectivity index (χ0n) is 11.1. The predicted octanol–water partition coefficient (Wildman–Crippen LogP) is 1.97. The van der Waals surface area contributed by atoms with Crippen LogP contribution in [0.15, 0.2) is 22.5 Å². The van der Waals surface area contributed by atoms with E-state index in [9.17, 15) is 9.59 Å². The first-order valence-electron chi connectivity index (χ1n) is 5.95. The van der Waals surface area contributed by atoms with Crippen molar-refractivity contribution in [1.82, 2.24) is 5.32 Å². The van der Waals surface area contributed by atoms with Crippen molar-refractivity contribution in [3.05, 3.63) is 22.5 Å². The molecular formula is C13H19NO4. The Bertz CT molecular complexity index is 404. The van der Waals surface area contributed by atoms with Crippen molar-refractivity contribution in [3.63, 3.8) is 0 Å². The number of carboxylic acids is 2. The van der Waals surface area contributed by atoms with Crippen LogP contribution >= 0.6 is 0 Å². The fraction of sp³-hybridized carbons (Fsp3) is 0.538. The maximum Gasteiger partial charge on any atom is 0.333 e. The molecule has 0 radical (unpaired) electrons. The Balaban J connectivity index is 3.26. The first kappa shape index (κ1) is 14.3. The molecule has 0 saturated heterocycles. The lowest BCUT2D eigenvalue weighted by Gasteiger charge is -2.28. The monoisotopic (exact) mass is 253 g/mol. The molecule has 1 rings (SSSR count). The van der Waals surface area contributed by atoms with E-state index >= 15 is 0 Å². The lowest BCUT2D eigenvalue weighted by molar-refractivity contribution is -0.133. The molecule has 0 aliphatic carbocycles. The van der Waals surface area contributed by atoms with Crippen LogP contribution in [0.5, 0.6) is 0 Å². The van der Waals surface area contributed by atoms with Gasteiger partial charge in [0.2, 0.25) is 0 Å². The summed E-state index contributed by atoms with van der Waals surface area (Å²) in [6.45, 7) is 7.54. The molecule has 100 valence electrons. The smallest absolute Gasteiger partial charge is 0.333 e. The van der Waals surface area contributed by atoms with Crippen LogP contribution in [0.25, 0.3) is 0 Å². The Morgan fingerprint density at radius 3 is 1.50 bits per heavy atom. The second-order valence-corrected chi connectivity index (χ2v) is 5.01. The average Bonchev–Trinajstić information content (AvgIpc) is 2.26. The molecule has 1 aliphatic rings. The van der Waals surface area contributed by atoms with Crippen LogP contribution in [0, 0.1) is 11.8 Å². The van der Waals surface area contributed by atoms with E-state index in [-0.39, 0.29) is 29.4 Å². The van der Waals surface area contributed by atoms with Gasteiger partial charge in [0.25, 0.3) is 0 Å². The van der Waals surface area contributed by atoms with Gasteiger partial charge in [-0.05, 0) is 11.8 Å². The minimum absolute atomic E-state index is 0.0141. The number of rotatable bonds is 4. The van der Waals surface area contributed by atoms with Crippen molar-refractivity contribution in [2.24, 2.45) is 11.8 Å². The molecule has 0 fully saturated rings. The zero-order chi connectivity index (χ0) is 14.0. The van der Waals surface area contributed by atoms with Crippen molar-refractivity contribution in [1.29, 1.82) is 0 Å². The number of hydrogen-bond donors (Lipinski definition) is 3. The second kappa shape index (κ2) is 5.25. The van der Waals surface area contributed by atoms with Gasteiger partial charge in [-0.2, -0.15) is 0 Å². The standard InChI is InChI=1S/C13H19NO4/c1-6(2)10-8(12(15)16)5-9(13(17)18)11(14-10)7(3)4/h6-7,14H,5H2,1-4H3,(H,15,16)(H,17,18). The summed E-state index contributed by atoms with van der Waals surface area (Å²) in [6, 6.07) is 0. The average molecular weight is 253 g/mol. The number of carboxylic acid groups (broad SMARTS) is 2. The fourth-order valence-corrected chi connectivity index (χ4v) is 2.03. The van der Waals surface area contributed by atoms with E-state index in [1.165, 1.54) is 0 Å². The molecule has 0 bridgehead atoms. The molecule has 0 unspecified atom stereocenters. The van der Waals surface area contributed by atoms with Gasteiger partial charge in [-0.1, -0.05) is 27.7 Å². The largest absolute Gasteiger partial charge is 0.478 e. The number of allylic oxidation sites excluding steroid dienone is 2. The number of nitrogens with one attached hydrogen (secondary N) is 1. The van der Waals surface area contributed by atoms with Crippen LogP contribution in [-0.2, 0) is 9.59 Å². The van der Waals surface area contributed by atoms with E-state index in [0.29, 0.717) is 11.4 Å². The highest BCUT2D eigenvalue weighted by Gasteiger charge is 2.29. The number of hydrogen-bond acceptors (Lipinski definition) is 3. The molecule has 18 heavy (non-hydrogen) atoms. The summed E-state index contributed by atoms with van der Waals surface area (Å²) in [6.07, 6.45) is -0.0291. The summed E-state index contributed by atoms with van der Waals surface area (Å²) < 4.78 is 0. The molecular weight excluding hydrogens is 234 g/mol. The van der Waals surface area contributed by atoms with Gasteiger partial charge < -0.3 is 15.5 Å². The normalized spacial score (nSPS) is 16.3. The Morgan fingerprint density at radius 2 is 1.28 bits per heavy atom. The second-order valence-electron chi connectivity index (χ2n) is 5.01. The summed E-state index contributed by atoms with van der Waals surface area (Å²) >= 11 is 0. The Labute approximate surface area is 106 Å². The van der Waals surface area contributed by atoms with Crippen molar-refractivity contribution in [2.75, 3.05) is 0 Å². The van der Waals surface area contributed by atoms with Crippen molar-refractivity contribution in [2.45, 2.75) is 34.1 Å². The van der Waals surface area contributed by atoms with Gasteiger partial charge in [-0.3, -0.25) is 0 Å². The third-order valence-corrected chi connectivity index (χ3v) is 2.94. The molecule has 1 aliphatic heterocycles. The zero-order valence-corrected chi connectivity index (χ0v) is 11.1. The van der Waals surface area contributed by atoms with Crippen LogP contribution in [0.1, 0.15) is 34.1 Å².